The van der Waals surface area contributed by atoms with E-state index in [0.717, 1.165) is 43.4 Å². The zero-order chi connectivity index (χ0) is 29.2. The molecule has 1 aliphatic carbocycles. The molecule has 1 saturated carbocycles. The normalized spacial score (nSPS) is 13.6. The summed E-state index contributed by atoms with van der Waals surface area (Å²) in [6.45, 7) is 1.59. The van der Waals surface area contributed by atoms with E-state index >= 15 is 0 Å². The molecule has 0 radical (unpaired) electrons. The molecular formula is C31H37FN4O5. The summed E-state index contributed by atoms with van der Waals surface area (Å²) in [5, 5.41) is 11.1. The molecule has 41 heavy (non-hydrogen) atoms. The Morgan fingerprint density at radius 3 is 2.41 bits per heavy atom. The Labute approximate surface area is 239 Å². The lowest BCUT2D eigenvalue weighted by Crippen LogP contribution is -2.48. The first-order valence-corrected chi connectivity index (χ1v) is 14.1. The molecular weight excluding hydrogens is 527 g/mol. The van der Waals surface area contributed by atoms with Crippen LogP contribution >= 0.6 is 0 Å². The van der Waals surface area contributed by atoms with Gasteiger partial charge in [-0.25, -0.2) is 4.39 Å². The third-order valence-electron chi connectivity index (χ3n) is 7.57. The zero-order valence-electron chi connectivity index (χ0n) is 23.4. The minimum Gasteiger partial charge on any atom is -0.385 e. The molecule has 0 N–H and O–H groups in total. The maximum atomic E-state index is 14.0. The quantitative estimate of drug-likeness (QED) is 0.157. The fraction of sp³-hybridized carbons (Fsp3) is 0.419. The van der Waals surface area contributed by atoms with Gasteiger partial charge in [0, 0.05) is 62.4 Å². The van der Waals surface area contributed by atoms with E-state index in [1.807, 2.05) is 23.2 Å². The van der Waals surface area contributed by atoms with E-state index in [1.165, 1.54) is 41.3 Å². The Balaban J connectivity index is 1.54. The molecule has 0 unspecified atom stereocenters. The molecule has 0 saturated heterocycles. The molecule has 3 aromatic rings. The van der Waals surface area contributed by atoms with Crippen LogP contribution in [0.4, 0.5) is 10.1 Å². The van der Waals surface area contributed by atoms with Crippen LogP contribution in [-0.4, -0.2) is 64.0 Å². The molecule has 0 bridgehead atoms. The number of rotatable bonds is 13. The summed E-state index contributed by atoms with van der Waals surface area (Å²) in [7, 11) is 1.58. The first-order chi connectivity index (χ1) is 19.9. The third-order valence-corrected chi connectivity index (χ3v) is 7.57. The molecule has 218 valence electrons. The van der Waals surface area contributed by atoms with Crippen molar-refractivity contribution in [3.8, 4) is 0 Å². The van der Waals surface area contributed by atoms with Crippen molar-refractivity contribution in [3.05, 3.63) is 99.6 Å². The maximum Gasteiger partial charge on any atom is 0.269 e. The van der Waals surface area contributed by atoms with Gasteiger partial charge in [-0.05, 0) is 61.2 Å². The van der Waals surface area contributed by atoms with Crippen LogP contribution in [0.25, 0.3) is 0 Å². The lowest BCUT2D eigenvalue weighted by Gasteiger charge is -2.36. The predicted molar refractivity (Wildman–Crippen MR) is 153 cm³/mol. The fourth-order valence-corrected chi connectivity index (χ4v) is 5.34. The lowest BCUT2D eigenvalue weighted by molar-refractivity contribution is -0.384. The second kappa shape index (κ2) is 14.5. The number of halogens is 1. The summed E-state index contributed by atoms with van der Waals surface area (Å²) < 4.78 is 20.7. The van der Waals surface area contributed by atoms with Crippen molar-refractivity contribution < 1.29 is 23.6 Å². The summed E-state index contributed by atoms with van der Waals surface area (Å²) in [6, 6.07) is 15.8. The third kappa shape index (κ3) is 8.23. The maximum absolute atomic E-state index is 14.0. The van der Waals surface area contributed by atoms with Gasteiger partial charge in [0.2, 0.25) is 5.91 Å². The van der Waals surface area contributed by atoms with Crippen molar-refractivity contribution >= 4 is 17.5 Å². The zero-order valence-corrected chi connectivity index (χ0v) is 23.4. The Kier molecular flexibility index (Phi) is 10.6. The molecule has 2 aromatic carbocycles. The highest BCUT2D eigenvalue weighted by Gasteiger charge is 2.29. The minimum absolute atomic E-state index is 0.0701. The van der Waals surface area contributed by atoms with Gasteiger partial charge in [-0.15, -0.1) is 0 Å². The molecule has 10 heteroatoms. The number of non-ortho nitro benzene ring substituents is 1. The summed E-state index contributed by atoms with van der Waals surface area (Å²) in [6.07, 6.45) is 7.55. The molecule has 0 spiro atoms. The van der Waals surface area contributed by atoms with E-state index in [0.29, 0.717) is 38.2 Å². The van der Waals surface area contributed by atoms with Gasteiger partial charge < -0.3 is 19.1 Å². The van der Waals surface area contributed by atoms with E-state index in [2.05, 4.69) is 4.57 Å². The van der Waals surface area contributed by atoms with Crippen molar-refractivity contribution in [3.63, 3.8) is 0 Å². The van der Waals surface area contributed by atoms with Crippen molar-refractivity contribution in [1.29, 1.82) is 0 Å². The number of nitro benzene ring substituents is 1. The number of amides is 2. The molecule has 4 rings (SSSR count). The first-order valence-electron chi connectivity index (χ1n) is 14.1. The van der Waals surface area contributed by atoms with E-state index in [4.69, 9.17) is 4.74 Å². The number of aromatic nitrogens is 1. The van der Waals surface area contributed by atoms with Gasteiger partial charge in [-0.1, -0.05) is 31.4 Å². The van der Waals surface area contributed by atoms with E-state index in [9.17, 15) is 24.1 Å². The second-order valence-electron chi connectivity index (χ2n) is 10.4. The molecule has 0 aliphatic heterocycles. The smallest absolute Gasteiger partial charge is 0.269 e. The van der Waals surface area contributed by atoms with E-state index < -0.39 is 4.92 Å². The molecule has 1 aliphatic rings. The summed E-state index contributed by atoms with van der Waals surface area (Å²) in [4.78, 5) is 41.4. The molecule has 1 fully saturated rings. The Bertz CT molecular complexity index is 1300. The highest BCUT2D eigenvalue weighted by atomic mass is 19.1. The number of hydrogen-bond acceptors (Lipinski definition) is 5. The average molecular weight is 565 g/mol. The number of carbonyl (C=O) groups is 2. The van der Waals surface area contributed by atoms with Gasteiger partial charge in [-0.2, -0.15) is 0 Å². The van der Waals surface area contributed by atoms with Gasteiger partial charge >= 0.3 is 0 Å². The molecule has 1 aromatic heterocycles. The van der Waals surface area contributed by atoms with Crippen LogP contribution in [0.15, 0.2) is 66.9 Å². The van der Waals surface area contributed by atoms with Gasteiger partial charge in [0.25, 0.3) is 11.6 Å². The monoisotopic (exact) mass is 564 g/mol. The van der Waals surface area contributed by atoms with Crippen molar-refractivity contribution in [2.45, 2.75) is 57.7 Å². The van der Waals surface area contributed by atoms with Gasteiger partial charge in [0.1, 0.15) is 12.4 Å². The fourth-order valence-electron chi connectivity index (χ4n) is 5.34. The second-order valence-corrected chi connectivity index (χ2v) is 10.4. The molecule has 9 nitrogen and oxygen atoms in total. The standard InChI is InChI=1S/C31H37FN4O5/c1-41-20-6-19-34(31(38)25-12-16-28(17-13-25)36(39)40)23-30(37)35(27-7-3-2-4-8-27)22-29-9-5-18-33(29)21-24-10-14-26(32)15-11-24/h5,9-18,27H,2-4,6-8,19-23H2,1H3. The van der Waals surface area contributed by atoms with Gasteiger partial charge in [0.15, 0.2) is 0 Å². The van der Waals surface area contributed by atoms with Crippen LogP contribution < -0.4 is 0 Å². The Morgan fingerprint density at radius 2 is 1.76 bits per heavy atom. The van der Waals surface area contributed by atoms with Crippen LogP contribution in [0, 0.1) is 15.9 Å². The van der Waals surface area contributed by atoms with Crippen LogP contribution in [0.3, 0.4) is 0 Å². The summed E-state index contributed by atoms with van der Waals surface area (Å²) in [5.74, 6) is -0.777. The average Bonchev–Trinajstić information content (AvgIpc) is 3.43. The Morgan fingerprint density at radius 1 is 1.05 bits per heavy atom. The number of benzene rings is 2. The van der Waals surface area contributed by atoms with Crippen molar-refractivity contribution in [2.24, 2.45) is 0 Å². The van der Waals surface area contributed by atoms with Crippen molar-refractivity contribution in [1.82, 2.24) is 14.4 Å². The SMILES string of the molecule is COCCCN(CC(=O)N(Cc1cccn1Cc1ccc(F)cc1)C1CCCCC1)C(=O)c1ccc([N+](=O)[O-])cc1. The first kappa shape index (κ1) is 29.9. The topological polar surface area (TPSA) is 97.9 Å². The molecule has 0 atom stereocenters. The highest BCUT2D eigenvalue weighted by molar-refractivity contribution is 5.96. The number of methoxy groups -OCH3 is 1. The number of ether oxygens (including phenoxy) is 1. The summed E-state index contributed by atoms with van der Waals surface area (Å²) in [5.41, 5.74) is 2.10. The lowest BCUT2D eigenvalue weighted by atomic mass is 9.94. The van der Waals surface area contributed by atoms with Gasteiger partial charge in [0.05, 0.1) is 11.5 Å². The van der Waals surface area contributed by atoms with E-state index in [1.54, 1.807) is 19.2 Å². The van der Waals surface area contributed by atoms with Crippen molar-refractivity contribution in [2.75, 3.05) is 26.8 Å². The highest BCUT2D eigenvalue weighted by Crippen LogP contribution is 2.25. The summed E-state index contributed by atoms with van der Waals surface area (Å²) >= 11 is 0. The van der Waals surface area contributed by atoms with Gasteiger partial charge in [-0.3, -0.25) is 19.7 Å². The minimum atomic E-state index is -0.512. The molecule has 2 amide bonds. The predicted octanol–water partition coefficient (Wildman–Crippen LogP) is 5.42. The number of nitro groups is 1. The molecule has 1 heterocycles. The largest absolute Gasteiger partial charge is 0.385 e. The number of nitrogens with zero attached hydrogens (tertiary/aromatic N) is 4. The van der Waals surface area contributed by atoms with Crippen LogP contribution in [0.1, 0.15) is 60.1 Å². The number of hydrogen-bond donors (Lipinski definition) is 0. The van der Waals surface area contributed by atoms with E-state index in [-0.39, 0.29) is 35.9 Å². The van der Waals surface area contributed by atoms with Crippen LogP contribution in [-0.2, 0) is 22.6 Å². The van der Waals surface area contributed by atoms with Crippen LogP contribution in [0.2, 0.25) is 0 Å². The van der Waals surface area contributed by atoms with Crippen LogP contribution in [0.5, 0.6) is 0 Å². The number of carbonyl (C=O) groups excluding carboxylic acids is 2. The Hall–Kier alpha value is -4.05.